The summed E-state index contributed by atoms with van der Waals surface area (Å²) in [4.78, 5) is 0. The molecule has 0 radical (unpaired) electrons. The van der Waals surface area contributed by atoms with Gasteiger partial charge in [0, 0.05) is 6.42 Å². The lowest BCUT2D eigenvalue weighted by Crippen LogP contribution is -2.07. The van der Waals surface area contributed by atoms with Gasteiger partial charge in [-0.1, -0.05) is 33.6 Å². The van der Waals surface area contributed by atoms with E-state index in [1.54, 1.807) is 0 Å². The normalized spacial score (nSPS) is 13.4. The molecular weight excluding hydrogens is 177 g/mol. The Morgan fingerprint density at radius 3 is 1.62 bits per heavy atom. The fourth-order valence-electron chi connectivity index (χ4n) is 1.16. The Morgan fingerprint density at radius 2 is 1.23 bits per heavy atom. The first-order chi connectivity index (χ1) is 5.71. The predicted octanol–water partition coefficient (Wildman–Crippen LogP) is 4.55. The minimum atomic E-state index is -3.97. The number of hydrogen-bond donors (Lipinski definition) is 0. The van der Waals surface area contributed by atoms with E-state index in [-0.39, 0.29) is 11.8 Å². The van der Waals surface area contributed by atoms with Gasteiger partial charge in [-0.15, -0.1) is 0 Å². The fourth-order valence-corrected chi connectivity index (χ4v) is 1.16. The van der Waals surface area contributed by atoms with Crippen LogP contribution in [0.4, 0.5) is 13.2 Å². The number of halogens is 3. The first-order valence-corrected chi connectivity index (χ1v) is 4.77. The Morgan fingerprint density at radius 1 is 0.769 bits per heavy atom. The summed E-state index contributed by atoms with van der Waals surface area (Å²) >= 11 is 0. The van der Waals surface area contributed by atoms with Crippen LogP contribution in [-0.2, 0) is 0 Å². The van der Waals surface area contributed by atoms with Gasteiger partial charge in [0.2, 0.25) is 0 Å². The Labute approximate surface area is 78.5 Å². The Hall–Kier alpha value is -0.210. The first kappa shape index (κ1) is 12.8. The molecule has 80 valence electrons. The molecule has 0 aromatic carbocycles. The van der Waals surface area contributed by atoms with E-state index in [1.165, 1.54) is 0 Å². The average molecular weight is 196 g/mol. The summed E-state index contributed by atoms with van der Waals surface area (Å²) in [5.41, 5.74) is 0.248. The topological polar surface area (TPSA) is 0 Å². The molecule has 0 aromatic rings. The second-order valence-corrected chi connectivity index (χ2v) is 4.74. The highest BCUT2D eigenvalue weighted by Gasteiger charge is 2.25. The van der Waals surface area contributed by atoms with Crippen molar-refractivity contribution in [3.63, 3.8) is 0 Å². The van der Waals surface area contributed by atoms with Gasteiger partial charge in [0.25, 0.3) is 0 Å². The second kappa shape index (κ2) is 4.87. The molecule has 0 saturated heterocycles. The maximum atomic E-state index is 11.7. The van der Waals surface area contributed by atoms with Gasteiger partial charge < -0.3 is 0 Å². The van der Waals surface area contributed by atoms with Crippen molar-refractivity contribution in [1.29, 1.82) is 0 Å². The van der Waals surface area contributed by atoms with Crippen LogP contribution in [-0.4, -0.2) is 6.18 Å². The van der Waals surface area contributed by atoms with Crippen LogP contribution in [0, 0.1) is 5.41 Å². The molecule has 0 nitrogen and oxygen atoms in total. The number of alkyl halides is 3. The van der Waals surface area contributed by atoms with E-state index in [1.807, 2.05) is 0 Å². The van der Waals surface area contributed by atoms with Crippen LogP contribution in [0.2, 0.25) is 0 Å². The molecule has 0 N–H and O–H groups in total. The fraction of sp³-hybridized carbons (Fsp3) is 1.00. The summed E-state index contributed by atoms with van der Waals surface area (Å²) in [6.45, 7) is 6.32. The quantitative estimate of drug-likeness (QED) is 0.579. The highest BCUT2D eigenvalue weighted by Crippen LogP contribution is 2.25. The zero-order valence-corrected chi connectivity index (χ0v) is 8.67. The molecule has 0 amide bonds. The van der Waals surface area contributed by atoms with Crippen molar-refractivity contribution in [3.05, 3.63) is 0 Å². The molecule has 0 spiro atoms. The van der Waals surface area contributed by atoms with Gasteiger partial charge in [0.05, 0.1) is 0 Å². The van der Waals surface area contributed by atoms with Gasteiger partial charge in [0.1, 0.15) is 0 Å². The molecule has 13 heavy (non-hydrogen) atoms. The summed E-state index contributed by atoms with van der Waals surface area (Å²) in [7, 11) is 0. The predicted molar refractivity (Wildman–Crippen MR) is 48.6 cm³/mol. The molecule has 0 bridgehead atoms. The highest BCUT2D eigenvalue weighted by molar-refractivity contribution is 4.61. The SMILES string of the molecule is CC(C)(C)CCCCCC(F)(F)F. The maximum absolute atomic E-state index is 11.7. The Balaban J connectivity index is 3.28. The summed E-state index contributed by atoms with van der Waals surface area (Å²) in [6.07, 6.45) is -1.72. The molecule has 0 aliphatic heterocycles. The molecule has 0 aromatic heterocycles. The van der Waals surface area contributed by atoms with E-state index in [0.717, 1.165) is 12.8 Å². The van der Waals surface area contributed by atoms with Crippen molar-refractivity contribution in [3.8, 4) is 0 Å². The van der Waals surface area contributed by atoms with Crippen molar-refractivity contribution >= 4 is 0 Å². The van der Waals surface area contributed by atoms with Crippen LogP contribution in [0.1, 0.15) is 52.9 Å². The third-order valence-electron chi connectivity index (χ3n) is 1.89. The minimum Gasteiger partial charge on any atom is -0.171 e. The van der Waals surface area contributed by atoms with E-state index in [4.69, 9.17) is 0 Å². The molecule has 3 heteroatoms. The van der Waals surface area contributed by atoms with E-state index in [2.05, 4.69) is 20.8 Å². The molecule has 0 saturated carbocycles. The third kappa shape index (κ3) is 11.8. The molecule has 0 unspecified atom stereocenters. The van der Waals surface area contributed by atoms with Gasteiger partial charge in [-0.05, 0) is 18.3 Å². The van der Waals surface area contributed by atoms with Crippen molar-refractivity contribution in [2.24, 2.45) is 5.41 Å². The van der Waals surface area contributed by atoms with E-state index >= 15 is 0 Å². The Kier molecular flexibility index (Phi) is 4.79. The molecule has 0 heterocycles. The third-order valence-corrected chi connectivity index (χ3v) is 1.89. The van der Waals surface area contributed by atoms with Gasteiger partial charge in [0.15, 0.2) is 0 Å². The standard InChI is InChI=1S/C10H19F3/c1-9(2,3)7-5-4-6-8-10(11,12)13/h4-8H2,1-3H3. The maximum Gasteiger partial charge on any atom is 0.389 e. The van der Waals surface area contributed by atoms with E-state index < -0.39 is 12.6 Å². The van der Waals surface area contributed by atoms with Gasteiger partial charge in [-0.2, -0.15) is 13.2 Å². The second-order valence-electron chi connectivity index (χ2n) is 4.74. The molecular formula is C10H19F3. The van der Waals surface area contributed by atoms with Crippen LogP contribution in [0.3, 0.4) is 0 Å². The lowest BCUT2D eigenvalue weighted by molar-refractivity contribution is -0.135. The van der Waals surface area contributed by atoms with E-state index in [9.17, 15) is 13.2 Å². The van der Waals surface area contributed by atoms with Crippen molar-refractivity contribution < 1.29 is 13.2 Å². The van der Waals surface area contributed by atoms with Crippen LogP contribution >= 0.6 is 0 Å². The number of rotatable bonds is 4. The Bertz CT molecular complexity index is 114. The molecule has 0 fully saturated rings. The van der Waals surface area contributed by atoms with Crippen LogP contribution in [0.5, 0.6) is 0 Å². The van der Waals surface area contributed by atoms with Gasteiger partial charge in [-0.25, -0.2) is 0 Å². The zero-order chi connectivity index (χ0) is 10.5. The summed E-state index contributed by atoms with van der Waals surface area (Å²) in [6, 6.07) is 0. The average Bonchev–Trinajstić information content (AvgIpc) is 1.81. The largest absolute Gasteiger partial charge is 0.389 e. The molecule has 0 atom stereocenters. The summed E-state index contributed by atoms with van der Waals surface area (Å²) < 4.78 is 35.2. The van der Waals surface area contributed by atoms with Crippen molar-refractivity contribution in [1.82, 2.24) is 0 Å². The summed E-state index contributed by atoms with van der Waals surface area (Å²) in [5.74, 6) is 0. The molecule has 0 rings (SSSR count). The smallest absolute Gasteiger partial charge is 0.171 e. The van der Waals surface area contributed by atoms with E-state index in [0.29, 0.717) is 6.42 Å². The van der Waals surface area contributed by atoms with Gasteiger partial charge in [-0.3, -0.25) is 0 Å². The lowest BCUT2D eigenvalue weighted by Gasteiger charge is -2.17. The molecule has 0 aliphatic carbocycles. The van der Waals surface area contributed by atoms with Gasteiger partial charge >= 0.3 is 6.18 Å². The van der Waals surface area contributed by atoms with Crippen LogP contribution in [0.15, 0.2) is 0 Å². The van der Waals surface area contributed by atoms with Crippen LogP contribution < -0.4 is 0 Å². The number of hydrogen-bond acceptors (Lipinski definition) is 0. The lowest BCUT2D eigenvalue weighted by atomic mass is 9.89. The molecule has 0 aliphatic rings. The monoisotopic (exact) mass is 196 g/mol. The van der Waals surface area contributed by atoms with Crippen LogP contribution in [0.25, 0.3) is 0 Å². The minimum absolute atomic E-state index is 0.248. The van der Waals surface area contributed by atoms with Crippen molar-refractivity contribution in [2.45, 2.75) is 59.1 Å². The highest BCUT2D eigenvalue weighted by atomic mass is 19.4. The van der Waals surface area contributed by atoms with Crippen molar-refractivity contribution in [2.75, 3.05) is 0 Å². The summed E-state index contributed by atoms with van der Waals surface area (Å²) in [5, 5.41) is 0. The number of unbranched alkanes of at least 4 members (excludes halogenated alkanes) is 2. The zero-order valence-electron chi connectivity index (χ0n) is 8.67. The first-order valence-electron chi connectivity index (χ1n) is 4.77.